The first kappa shape index (κ1) is 16.1. The molecule has 0 aromatic heterocycles. The second-order valence-corrected chi connectivity index (χ2v) is 4.71. The Morgan fingerprint density at radius 3 is 2.47 bits per heavy atom. The molecule has 2 nitrogen and oxygen atoms in total. The van der Waals surface area contributed by atoms with E-state index in [1.165, 1.54) is 12.1 Å². The van der Waals surface area contributed by atoms with Gasteiger partial charge in [0.15, 0.2) is 0 Å². The second-order valence-electron chi connectivity index (χ2n) is 4.71. The van der Waals surface area contributed by atoms with Gasteiger partial charge in [-0.1, -0.05) is 19.9 Å². The van der Waals surface area contributed by atoms with E-state index in [1.54, 1.807) is 14.0 Å². The van der Waals surface area contributed by atoms with Gasteiger partial charge in [0.25, 0.3) is 0 Å². The molecule has 0 bridgehead atoms. The van der Waals surface area contributed by atoms with Gasteiger partial charge in [0.2, 0.25) is 0 Å². The van der Waals surface area contributed by atoms with Crippen LogP contribution in [-0.4, -0.2) is 19.8 Å². The maximum absolute atomic E-state index is 14.2. The van der Waals surface area contributed by atoms with E-state index in [-0.39, 0.29) is 11.7 Å². The highest BCUT2D eigenvalue weighted by atomic mass is 19.1. The zero-order valence-corrected chi connectivity index (χ0v) is 12.1. The van der Waals surface area contributed by atoms with Crippen molar-refractivity contribution in [3.05, 3.63) is 34.9 Å². The summed E-state index contributed by atoms with van der Waals surface area (Å²) in [6.07, 6.45) is 1.33. The maximum atomic E-state index is 14.2. The summed E-state index contributed by atoms with van der Waals surface area (Å²) in [7, 11) is 1.57. The normalized spacial score (nSPS) is 14.4. The fraction of sp³-hybridized carbons (Fsp3) is 0.600. The summed E-state index contributed by atoms with van der Waals surface area (Å²) in [6, 6.07) is 2.31. The van der Waals surface area contributed by atoms with Gasteiger partial charge in [-0.25, -0.2) is 8.78 Å². The lowest BCUT2D eigenvalue weighted by Gasteiger charge is -2.27. The summed E-state index contributed by atoms with van der Waals surface area (Å²) in [4.78, 5) is 0. The third kappa shape index (κ3) is 3.74. The monoisotopic (exact) mass is 271 g/mol. The van der Waals surface area contributed by atoms with E-state index >= 15 is 0 Å². The molecule has 2 atom stereocenters. The summed E-state index contributed by atoms with van der Waals surface area (Å²) in [5.74, 6) is -1.00. The number of nitrogens with one attached hydrogen (secondary N) is 1. The van der Waals surface area contributed by atoms with Crippen molar-refractivity contribution in [1.29, 1.82) is 0 Å². The third-order valence-corrected chi connectivity index (χ3v) is 3.32. The van der Waals surface area contributed by atoms with Crippen LogP contribution >= 0.6 is 0 Å². The molecule has 1 rings (SSSR count). The minimum absolute atomic E-state index is 0.0853. The van der Waals surface area contributed by atoms with E-state index in [4.69, 9.17) is 4.74 Å². The summed E-state index contributed by atoms with van der Waals surface area (Å²) >= 11 is 0. The Labute approximate surface area is 114 Å². The Morgan fingerprint density at radius 1 is 1.26 bits per heavy atom. The number of methoxy groups -OCH3 is 1. The van der Waals surface area contributed by atoms with Crippen molar-refractivity contribution in [1.82, 2.24) is 5.32 Å². The highest BCUT2D eigenvalue weighted by molar-refractivity contribution is 5.30. The first-order chi connectivity index (χ1) is 9.06. The van der Waals surface area contributed by atoms with Gasteiger partial charge >= 0.3 is 0 Å². The molecule has 1 aromatic carbocycles. The van der Waals surface area contributed by atoms with Crippen LogP contribution < -0.4 is 5.32 Å². The quantitative estimate of drug-likeness (QED) is 0.815. The van der Waals surface area contributed by atoms with Crippen LogP contribution in [0.25, 0.3) is 0 Å². The zero-order chi connectivity index (χ0) is 14.4. The van der Waals surface area contributed by atoms with Gasteiger partial charge in [-0.15, -0.1) is 0 Å². The van der Waals surface area contributed by atoms with E-state index in [0.717, 1.165) is 6.42 Å². The third-order valence-electron chi connectivity index (χ3n) is 3.32. The van der Waals surface area contributed by atoms with Crippen LogP contribution in [0, 0.1) is 18.6 Å². The molecule has 108 valence electrons. The Morgan fingerprint density at radius 2 is 1.95 bits per heavy atom. The number of halogens is 2. The van der Waals surface area contributed by atoms with Crippen LogP contribution in [0.3, 0.4) is 0 Å². The predicted molar refractivity (Wildman–Crippen MR) is 73.2 cm³/mol. The average molecular weight is 271 g/mol. The van der Waals surface area contributed by atoms with Crippen LogP contribution in [0.4, 0.5) is 8.78 Å². The van der Waals surface area contributed by atoms with Gasteiger partial charge in [-0.2, -0.15) is 0 Å². The van der Waals surface area contributed by atoms with Crippen LogP contribution in [0.1, 0.15) is 43.9 Å². The summed E-state index contributed by atoms with van der Waals surface area (Å²) in [5.41, 5.74) is 0.535. The molecule has 1 aromatic rings. The van der Waals surface area contributed by atoms with Gasteiger partial charge < -0.3 is 10.1 Å². The molecular weight excluding hydrogens is 248 g/mol. The van der Waals surface area contributed by atoms with Crippen molar-refractivity contribution in [2.45, 2.75) is 45.8 Å². The van der Waals surface area contributed by atoms with Gasteiger partial charge in [0.05, 0.1) is 12.1 Å². The molecule has 0 fully saturated rings. The molecule has 0 saturated heterocycles. The molecule has 0 heterocycles. The van der Waals surface area contributed by atoms with Gasteiger partial charge in [-0.05, 0) is 37.9 Å². The molecule has 1 N–H and O–H groups in total. The number of ether oxygens (including phenoxy) is 1. The molecule has 0 amide bonds. The average Bonchev–Trinajstić information content (AvgIpc) is 2.41. The summed E-state index contributed by atoms with van der Waals surface area (Å²) in [6.45, 7) is 6.29. The van der Waals surface area contributed by atoms with E-state index in [2.05, 4.69) is 5.32 Å². The minimum Gasteiger partial charge on any atom is -0.379 e. The Hall–Kier alpha value is -1.00. The molecule has 0 spiro atoms. The first-order valence-electron chi connectivity index (χ1n) is 6.77. The van der Waals surface area contributed by atoms with Crippen LogP contribution in [0.15, 0.2) is 12.1 Å². The largest absolute Gasteiger partial charge is 0.379 e. The highest BCUT2D eigenvalue weighted by Gasteiger charge is 2.27. The lowest BCUT2D eigenvalue weighted by molar-refractivity contribution is 0.0626. The lowest BCUT2D eigenvalue weighted by atomic mass is 9.96. The predicted octanol–water partition coefficient (Wildman–Crippen LogP) is 3.74. The minimum atomic E-state index is -0.521. The molecule has 2 unspecified atom stereocenters. The standard InChI is InChI=1S/C15H23F2NO/c1-5-9-18-15(12(6-2)19-4)13-11(16)8-7-10(3)14(13)17/h7-8,12,15,18H,5-6,9H2,1-4H3. The Bertz CT molecular complexity index is 405. The van der Waals surface area contributed by atoms with Gasteiger partial charge in [0.1, 0.15) is 11.6 Å². The molecule has 19 heavy (non-hydrogen) atoms. The number of rotatable bonds is 7. The molecule has 0 radical (unpaired) electrons. The van der Waals surface area contributed by atoms with Crippen molar-refractivity contribution in [3.63, 3.8) is 0 Å². The van der Waals surface area contributed by atoms with E-state index in [0.29, 0.717) is 18.5 Å². The Balaban J connectivity index is 3.19. The fourth-order valence-corrected chi connectivity index (χ4v) is 2.22. The van der Waals surface area contributed by atoms with Crippen molar-refractivity contribution in [3.8, 4) is 0 Å². The van der Waals surface area contributed by atoms with Crippen molar-refractivity contribution >= 4 is 0 Å². The summed E-state index contributed by atoms with van der Waals surface area (Å²) < 4.78 is 33.6. The summed E-state index contributed by atoms with van der Waals surface area (Å²) in [5, 5.41) is 3.19. The molecule has 4 heteroatoms. The smallest absolute Gasteiger partial charge is 0.133 e. The second kappa shape index (κ2) is 7.56. The van der Waals surface area contributed by atoms with Crippen LogP contribution in [0.2, 0.25) is 0 Å². The molecule has 0 aliphatic rings. The highest BCUT2D eigenvalue weighted by Crippen LogP contribution is 2.28. The van der Waals surface area contributed by atoms with Crippen molar-refractivity contribution in [2.24, 2.45) is 0 Å². The zero-order valence-electron chi connectivity index (χ0n) is 12.1. The van der Waals surface area contributed by atoms with E-state index < -0.39 is 17.7 Å². The fourth-order valence-electron chi connectivity index (χ4n) is 2.22. The molecule has 0 aliphatic heterocycles. The van der Waals surface area contributed by atoms with Crippen LogP contribution in [0.5, 0.6) is 0 Å². The number of benzene rings is 1. The molecule has 0 aliphatic carbocycles. The number of hydrogen-bond donors (Lipinski definition) is 1. The van der Waals surface area contributed by atoms with Gasteiger partial charge in [-0.3, -0.25) is 0 Å². The Kier molecular flexibility index (Phi) is 6.38. The van der Waals surface area contributed by atoms with E-state index in [9.17, 15) is 8.78 Å². The van der Waals surface area contributed by atoms with Crippen molar-refractivity contribution in [2.75, 3.05) is 13.7 Å². The maximum Gasteiger partial charge on any atom is 0.133 e. The van der Waals surface area contributed by atoms with Crippen molar-refractivity contribution < 1.29 is 13.5 Å². The van der Waals surface area contributed by atoms with Gasteiger partial charge in [0, 0.05) is 12.7 Å². The van der Waals surface area contributed by atoms with E-state index in [1.807, 2.05) is 13.8 Å². The lowest BCUT2D eigenvalue weighted by Crippen LogP contribution is -2.35. The number of hydrogen-bond acceptors (Lipinski definition) is 2. The SMILES string of the molecule is CCCNC(c1c(F)ccc(C)c1F)C(CC)OC. The molecule has 0 saturated carbocycles. The molecular formula is C15H23F2NO. The van der Waals surface area contributed by atoms with Crippen LogP contribution in [-0.2, 0) is 4.74 Å². The first-order valence-corrected chi connectivity index (χ1v) is 6.77. The number of aryl methyl sites for hydroxylation is 1. The topological polar surface area (TPSA) is 21.3 Å².